The number of ether oxygens (including phenoxy) is 2. The normalized spacial score (nSPS) is 19.0. The predicted molar refractivity (Wildman–Crippen MR) is 110 cm³/mol. The number of hydrogen-bond acceptors (Lipinski definition) is 3. The van der Waals surface area contributed by atoms with Crippen LogP contribution in [0.4, 0.5) is 0 Å². The van der Waals surface area contributed by atoms with Crippen LogP contribution in [0, 0.1) is 13.8 Å². The van der Waals surface area contributed by atoms with Gasteiger partial charge in [0.05, 0.1) is 19.3 Å². The van der Waals surface area contributed by atoms with E-state index in [-0.39, 0.29) is 11.9 Å². The molecule has 0 aliphatic carbocycles. The predicted octanol–water partition coefficient (Wildman–Crippen LogP) is 4.43. The number of amides is 1. The van der Waals surface area contributed by atoms with Crippen molar-refractivity contribution in [1.29, 1.82) is 0 Å². The number of fused-ring (bicyclic) bond motifs is 1. The summed E-state index contributed by atoms with van der Waals surface area (Å²) in [7, 11) is 0. The van der Waals surface area contributed by atoms with Gasteiger partial charge in [-0.25, -0.2) is 0 Å². The zero-order valence-corrected chi connectivity index (χ0v) is 17.1. The summed E-state index contributed by atoms with van der Waals surface area (Å²) in [5.74, 6) is 1.06. The summed E-state index contributed by atoms with van der Waals surface area (Å²) in [4.78, 5) is 15.2. The molecule has 1 saturated heterocycles. The van der Waals surface area contributed by atoms with Crippen molar-refractivity contribution in [2.24, 2.45) is 0 Å². The van der Waals surface area contributed by atoms with Crippen LogP contribution in [0.5, 0.6) is 5.75 Å². The summed E-state index contributed by atoms with van der Waals surface area (Å²) in [6.07, 6.45) is 2.90. The molecule has 1 fully saturated rings. The summed E-state index contributed by atoms with van der Waals surface area (Å²) in [6, 6.07) is 10.6. The van der Waals surface area contributed by atoms with Crippen molar-refractivity contribution < 1.29 is 14.3 Å². The van der Waals surface area contributed by atoms with Crippen molar-refractivity contribution in [3.63, 3.8) is 0 Å². The molecule has 4 rings (SSSR count). The highest BCUT2D eigenvalue weighted by atomic mass is 16.5. The molecule has 2 aliphatic heterocycles. The van der Waals surface area contributed by atoms with Crippen molar-refractivity contribution in [3.05, 3.63) is 63.7 Å². The van der Waals surface area contributed by atoms with Crippen molar-refractivity contribution in [3.8, 4) is 5.75 Å². The van der Waals surface area contributed by atoms with Gasteiger partial charge in [-0.05, 0) is 86.1 Å². The van der Waals surface area contributed by atoms with Gasteiger partial charge in [0.15, 0.2) is 0 Å². The minimum Gasteiger partial charge on any atom is -0.494 e. The van der Waals surface area contributed by atoms with Gasteiger partial charge in [-0.15, -0.1) is 0 Å². The average molecular weight is 380 g/mol. The third-order valence-electron chi connectivity index (χ3n) is 6.17. The first-order valence-corrected chi connectivity index (χ1v) is 10.3. The first-order valence-electron chi connectivity index (χ1n) is 10.3. The minimum atomic E-state index is 0.168. The Labute approximate surface area is 167 Å². The molecule has 0 radical (unpaired) electrons. The fourth-order valence-corrected chi connectivity index (χ4v) is 4.37. The Bertz CT molecular complexity index is 866. The molecule has 1 unspecified atom stereocenters. The van der Waals surface area contributed by atoms with E-state index in [4.69, 9.17) is 9.47 Å². The highest BCUT2D eigenvalue weighted by Crippen LogP contribution is 2.33. The molecule has 2 aromatic rings. The van der Waals surface area contributed by atoms with Gasteiger partial charge in [-0.1, -0.05) is 12.1 Å². The molecule has 2 aliphatic rings. The van der Waals surface area contributed by atoms with Gasteiger partial charge in [0, 0.05) is 18.7 Å². The van der Waals surface area contributed by atoms with Gasteiger partial charge in [0.1, 0.15) is 5.75 Å². The Morgan fingerprint density at radius 2 is 1.96 bits per heavy atom. The van der Waals surface area contributed by atoms with Crippen LogP contribution in [-0.4, -0.2) is 36.7 Å². The lowest BCUT2D eigenvalue weighted by Crippen LogP contribution is -2.41. The van der Waals surface area contributed by atoms with E-state index in [0.717, 1.165) is 43.7 Å². The lowest BCUT2D eigenvalue weighted by Gasteiger charge is -2.30. The van der Waals surface area contributed by atoms with Gasteiger partial charge < -0.3 is 14.4 Å². The number of carbonyl (C=O) groups is 1. The Kier molecular flexibility index (Phi) is 5.40. The van der Waals surface area contributed by atoms with Crippen molar-refractivity contribution >= 4 is 5.91 Å². The van der Waals surface area contributed by atoms with Gasteiger partial charge in [0.2, 0.25) is 0 Å². The number of carbonyl (C=O) groups excluding carboxylic acids is 1. The fraction of sp³-hybridized carbons (Fsp3) is 0.458. The van der Waals surface area contributed by atoms with Crippen molar-refractivity contribution in [2.45, 2.75) is 52.6 Å². The molecule has 4 heteroatoms. The van der Waals surface area contributed by atoms with E-state index in [2.05, 4.69) is 32.0 Å². The van der Waals surface area contributed by atoms with E-state index < -0.39 is 0 Å². The molecule has 2 aromatic carbocycles. The van der Waals surface area contributed by atoms with E-state index in [1.165, 1.54) is 27.8 Å². The third-order valence-corrected chi connectivity index (χ3v) is 6.17. The first-order chi connectivity index (χ1) is 13.6. The zero-order chi connectivity index (χ0) is 19.7. The van der Waals surface area contributed by atoms with Gasteiger partial charge in [-0.2, -0.15) is 0 Å². The molecule has 0 N–H and O–H groups in total. The molecule has 148 valence electrons. The van der Waals surface area contributed by atoms with Crippen LogP contribution < -0.4 is 4.74 Å². The standard InChI is InChI=1S/C24H29NO3/c1-4-28-21-9-7-18(8-10-21)12-19-13-22-23(17(3)16(19)2)14-25(24(22)26)20-6-5-11-27-15-20/h7-10,13,20H,4-6,11-12,14-15H2,1-3H3. The summed E-state index contributed by atoms with van der Waals surface area (Å²) >= 11 is 0. The maximum Gasteiger partial charge on any atom is 0.254 e. The average Bonchev–Trinajstić information content (AvgIpc) is 3.05. The van der Waals surface area contributed by atoms with Crippen LogP contribution in [0.25, 0.3) is 0 Å². The maximum absolute atomic E-state index is 13.1. The van der Waals surface area contributed by atoms with Crippen LogP contribution in [0.3, 0.4) is 0 Å². The Hall–Kier alpha value is -2.33. The molecule has 0 spiro atoms. The number of benzene rings is 2. The molecule has 1 atom stereocenters. The van der Waals surface area contributed by atoms with Gasteiger partial charge in [0.25, 0.3) is 5.91 Å². The second kappa shape index (κ2) is 7.96. The third kappa shape index (κ3) is 3.53. The van der Waals surface area contributed by atoms with Crippen LogP contribution in [-0.2, 0) is 17.7 Å². The Morgan fingerprint density at radius 3 is 2.64 bits per heavy atom. The molecule has 2 heterocycles. The highest BCUT2D eigenvalue weighted by Gasteiger charge is 2.35. The maximum atomic E-state index is 13.1. The summed E-state index contributed by atoms with van der Waals surface area (Å²) in [6.45, 7) is 9.20. The quantitative estimate of drug-likeness (QED) is 0.771. The largest absolute Gasteiger partial charge is 0.494 e. The van der Waals surface area contributed by atoms with E-state index in [9.17, 15) is 4.79 Å². The van der Waals surface area contributed by atoms with E-state index in [1.807, 2.05) is 24.0 Å². The first kappa shape index (κ1) is 19.0. The second-order valence-electron chi connectivity index (χ2n) is 7.87. The topological polar surface area (TPSA) is 38.8 Å². The lowest BCUT2D eigenvalue weighted by molar-refractivity contribution is 0.0179. The highest BCUT2D eigenvalue weighted by molar-refractivity contribution is 5.99. The SMILES string of the molecule is CCOc1ccc(Cc2cc3c(c(C)c2C)CN(C2CCCOC2)C3=O)cc1. The molecule has 0 bridgehead atoms. The number of rotatable bonds is 5. The molecular weight excluding hydrogens is 350 g/mol. The molecule has 0 aromatic heterocycles. The molecular formula is C24H29NO3. The van der Waals surface area contributed by atoms with Crippen LogP contribution in [0.1, 0.15) is 57.9 Å². The molecule has 0 saturated carbocycles. The van der Waals surface area contributed by atoms with Crippen molar-refractivity contribution in [2.75, 3.05) is 19.8 Å². The zero-order valence-electron chi connectivity index (χ0n) is 17.1. The van der Waals surface area contributed by atoms with Gasteiger partial charge in [-0.3, -0.25) is 4.79 Å². The number of nitrogens with zero attached hydrogens (tertiary/aromatic N) is 1. The van der Waals surface area contributed by atoms with Crippen LogP contribution in [0.2, 0.25) is 0 Å². The van der Waals surface area contributed by atoms with Gasteiger partial charge >= 0.3 is 0 Å². The van der Waals surface area contributed by atoms with E-state index >= 15 is 0 Å². The molecule has 1 amide bonds. The molecule has 4 nitrogen and oxygen atoms in total. The summed E-state index contributed by atoms with van der Waals surface area (Å²) in [5.41, 5.74) is 7.09. The second-order valence-corrected chi connectivity index (χ2v) is 7.87. The molecule has 28 heavy (non-hydrogen) atoms. The minimum absolute atomic E-state index is 0.168. The Morgan fingerprint density at radius 1 is 1.18 bits per heavy atom. The van der Waals surface area contributed by atoms with Crippen LogP contribution in [0.15, 0.2) is 30.3 Å². The van der Waals surface area contributed by atoms with Crippen molar-refractivity contribution in [1.82, 2.24) is 4.90 Å². The van der Waals surface area contributed by atoms with E-state index in [0.29, 0.717) is 13.2 Å². The van der Waals surface area contributed by atoms with E-state index in [1.54, 1.807) is 0 Å². The monoisotopic (exact) mass is 379 g/mol. The summed E-state index contributed by atoms with van der Waals surface area (Å²) < 4.78 is 11.2. The Balaban J connectivity index is 1.59. The summed E-state index contributed by atoms with van der Waals surface area (Å²) in [5, 5.41) is 0. The number of hydrogen-bond donors (Lipinski definition) is 0. The lowest BCUT2D eigenvalue weighted by atomic mass is 9.91. The fourth-order valence-electron chi connectivity index (χ4n) is 4.37. The van der Waals surface area contributed by atoms with Crippen LogP contribution >= 0.6 is 0 Å². The smallest absolute Gasteiger partial charge is 0.254 e.